The Morgan fingerprint density at radius 1 is 0.962 bits per heavy atom. The second-order valence-corrected chi connectivity index (χ2v) is 13.3. The predicted molar refractivity (Wildman–Crippen MR) is 185 cm³/mol. The van der Waals surface area contributed by atoms with Crippen molar-refractivity contribution in [2.45, 2.75) is 63.3 Å². The van der Waals surface area contributed by atoms with Crippen LogP contribution in [0.5, 0.6) is 23.0 Å². The average Bonchev–Trinajstić information content (AvgIpc) is 3.88. The maximum Gasteiger partial charge on any atom is 0.339 e. The van der Waals surface area contributed by atoms with Gasteiger partial charge in [-0.15, -0.1) is 0 Å². The van der Waals surface area contributed by atoms with Gasteiger partial charge in [0.1, 0.15) is 31.0 Å². The van der Waals surface area contributed by atoms with Gasteiger partial charge >= 0.3 is 11.9 Å². The van der Waals surface area contributed by atoms with Crippen LogP contribution in [0.15, 0.2) is 59.7 Å². The molecule has 15 nitrogen and oxygen atoms in total. The Labute approximate surface area is 302 Å². The molecule has 0 spiro atoms. The molecule has 0 saturated carbocycles. The molecule has 0 amide bonds. The summed E-state index contributed by atoms with van der Waals surface area (Å²) in [7, 11) is 3.02. The van der Waals surface area contributed by atoms with E-state index in [-0.39, 0.29) is 31.1 Å². The van der Waals surface area contributed by atoms with Crippen molar-refractivity contribution in [2.75, 3.05) is 27.6 Å². The number of carbonyl (C=O) groups is 2. The van der Waals surface area contributed by atoms with E-state index < -0.39 is 54.9 Å². The lowest BCUT2D eigenvalue weighted by Gasteiger charge is -2.42. The molecule has 0 aromatic heterocycles. The minimum Gasteiger partial charge on any atom is -0.493 e. The van der Waals surface area contributed by atoms with E-state index in [1.807, 2.05) is 6.07 Å². The fraction of sp³-hybridized carbons (Fsp3) is 0.368. The molecule has 274 valence electrons. The number of benzene rings is 4. The molecule has 0 aliphatic carbocycles. The topological polar surface area (TPSA) is 186 Å². The Hall–Kier alpha value is -5.57. The molecule has 8 rings (SSSR count). The Morgan fingerprint density at radius 3 is 2.45 bits per heavy atom. The van der Waals surface area contributed by atoms with Crippen molar-refractivity contribution in [1.29, 1.82) is 0 Å². The summed E-state index contributed by atoms with van der Waals surface area (Å²) in [5.41, 5.74) is 12.0. The van der Waals surface area contributed by atoms with Crippen LogP contribution in [0.4, 0.5) is 0 Å². The largest absolute Gasteiger partial charge is 0.493 e. The van der Waals surface area contributed by atoms with Gasteiger partial charge in [-0.2, -0.15) is 0 Å². The van der Waals surface area contributed by atoms with Crippen molar-refractivity contribution in [3.8, 4) is 34.1 Å². The Balaban J connectivity index is 1.37. The fourth-order valence-corrected chi connectivity index (χ4v) is 7.69. The second-order valence-electron chi connectivity index (χ2n) is 13.3. The van der Waals surface area contributed by atoms with E-state index in [1.54, 1.807) is 62.4 Å². The zero-order valence-electron chi connectivity index (χ0n) is 29.2. The van der Waals surface area contributed by atoms with E-state index in [1.165, 1.54) is 14.2 Å². The fourth-order valence-electron chi connectivity index (χ4n) is 7.69. The first kappa shape index (κ1) is 34.5. The van der Waals surface area contributed by atoms with Gasteiger partial charge in [-0.3, -0.25) is 0 Å². The van der Waals surface area contributed by atoms with E-state index in [0.717, 1.165) is 0 Å². The van der Waals surface area contributed by atoms with E-state index >= 15 is 0 Å². The number of nitrogens with zero attached hydrogens (tertiary/aromatic N) is 3. The third-order valence-electron chi connectivity index (χ3n) is 9.90. The molecule has 2 fully saturated rings. The van der Waals surface area contributed by atoms with Gasteiger partial charge in [0.2, 0.25) is 6.79 Å². The molecule has 0 radical (unpaired) electrons. The smallest absolute Gasteiger partial charge is 0.339 e. The van der Waals surface area contributed by atoms with Gasteiger partial charge in [-0.05, 0) is 71.6 Å². The lowest BCUT2D eigenvalue weighted by molar-refractivity contribution is -0.199. The number of aliphatic hydroxyl groups is 1. The van der Waals surface area contributed by atoms with Crippen LogP contribution in [0.3, 0.4) is 0 Å². The highest BCUT2D eigenvalue weighted by atomic mass is 16.8. The van der Waals surface area contributed by atoms with Gasteiger partial charge in [-0.25, -0.2) is 9.59 Å². The molecule has 4 aliphatic heterocycles. The van der Waals surface area contributed by atoms with E-state index in [0.29, 0.717) is 61.6 Å². The molecule has 4 aromatic carbocycles. The number of azide groups is 1. The number of cyclic esters (lactones) is 1. The highest BCUT2D eigenvalue weighted by Crippen LogP contribution is 2.52. The molecule has 5 atom stereocenters. The average molecular weight is 726 g/mol. The first-order chi connectivity index (χ1) is 25.7. The SMILES string of the molecule is COc1cc2c(-c3ccc4c(c3)OCO4)c3c(c([C@@H]4O[C@H](CO)[C@@H]5OC(C)(C)O[C@@H]5[C@H]4OC(=O)c4ccccc4CN=[N+]=[N-])c2cc1OC)COC3=O. The van der Waals surface area contributed by atoms with Gasteiger partial charge < -0.3 is 47.7 Å². The van der Waals surface area contributed by atoms with Crippen LogP contribution in [0.25, 0.3) is 32.3 Å². The number of fused-ring (bicyclic) bond motifs is 4. The maximum absolute atomic E-state index is 14.1. The molecule has 53 heavy (non-hydrogen) atoms. The van der Waals surface area contributed by atoms with Crippen molar-refractivity contribution >= 4 is 22.7 Å². The quantitative estimate of drug-likeness (QED) is 0.0932. The van der Waals surface area contributed by atoms with Crippen LogP contribution < -0.4 is 18.9 Å². The van der Waals surface area contributed by atoms with Crippen molar-refractivity contribution in [3.63, 3.8) is 0 Å². The first-order valence-electron chi connectivity index (χ1n) is 16.9. The molecule has 15 heteroatoms. The number of aliphatic hydroxyl groups excluding tert-OH is 1. The van der Waals surface area contributed by atoms with E-state index in [2.05, 4.69) is 10.0 Å². The van der Waals surface area contributed by atoms with Crippen LogP contribution in [0, 0.1) is 0 Å². The third kappa shape index (κ3) is 5.83. The summed E-state index contributed by atoms with van der Waals surface area (Å²) < 4.78 is 54.2. The molecular formula is C38H35N3O12. The van der Waals surface area contributed by atoms with Crippen molar-refractivity contribution in [3.05, 3.63) is 92.9 Å². The van der Waals surface area contributed by atoms with Gasteiger partial charge in [0.05, 0.1) is 38.5 Å². The summed E-state index contributed by atoms with van der Waals surface area (Å²) in [4.78, 5) is 30.8. The summed E-state index contributed by atoms with van der Waals surface area (Å²) in [6.07, 6.45) is -4.99. The number of hydrogen-bond donors (Lipinski definition) is 1. The molecule has 4 aromatic rings. The Bertz CT molecular complexity index is 2200. The number of carbonyl (C=O) groups excluding carboxylic acids is 2. The summed E-state index contributed by atoms with van der Waals surface area (Å²) in [6.45, 7) is 2.85. The van der Waals surface area contributed by atoms with Crippen LogP contribution in [-0.2, 0) is 36.8 Å². The summed E-state index contributed by atoms with van der Waals surface area (Å²) in [5, 5.41) is 15.5. The first-order valence-corrected chi connectivity index (χ1v) is 16.9. The normalized spacial score (nSPS) is 23.5. The van der Waals surface area contributed by atoms with Gasteiger partial charge in [-0.1, -0.05) is 29.4 Å². The number of methoxy groups -OCH3 is 2. The van der Waals surface area contributed by atoms with Crippen LogP contribution in [0.2, 0.25) is 0 Å². The highest BCUT2D eigenvalue weighted by molar-refractivity contribution is 6.13. The lowest BCUT2D eigenvalue weighted by Crippen LogP contribution is -2.55. The number of rotatable bonds is 9. The van der Waals surface area contributed by atoms with Crippen LogP contribution in [-0.4, -0.2) is 74.9 Å². The van der Waals surface area contributed by atoms with E-state index in [4.69, 9.17) is 48.2 Å². The summed E-state index contributed by atoms with van der Waals surface area (Å²) in [6, 6.07) is 15.6. The number of ether oxygens (including phenoxy) is 9. The van der Waals surface area contributed by atoms with Crippen molar-refractivity contribution < 1.29 is 57.3 Å². The predicted octanol–water partition coefficient (Wildman–Crippen LogP) is 5.91. The zero-order valence-corrected chi connectivity index (χ0v) is 29.2. The summed E-state index contributed by atoms with van der Waals surface area (Å²) >= 11 is 0. The molecule has 2 saturated heterocycles. The van der Waals surface area contributed by atoms with Gasteiger partial charge in [0, 0.05) is 21.6 Å². The lowest BCUT2D eigenvalue weighted by atomic mass is 9.81. The Morgan fingerprint density at radius 2 is 1.70 bits per heavy atom. The third-order valence-corrected chi connectivity index (χ3v) is 9.90. The standard InChI is InChI=1S/C38H35N3O12/c1-38(2)52-32-28(15-42)50-33(34(35(32)53-38)51-36(43)20-8-6-5-7-19(20)14-40-41-39)30-22-13-26(46-4)25(45-3)12-21(22)29(31-23(30)16-47-37(31)44)18-9-10-24-27(11-18)49-17-48-24/h5-13,28,32-35,42H,14-17H2,1-4H3/t28-,32+,33+,34+,35+/m1/s1. The minimum atomic E-state index is -1.18. The number of hydrogen-bond acceptors (Lipinski definition) is 13. The van der Waals surface area contributed by atoms with Crippen LogP contribution >= 0.6 is 0 Å². The maximum atomic E-state index is 14.1. The minimum absolute atomic E-state index is 0.0650. The highest BCUT2D eigenvalue weighted by Gasteiger charge is 2.58. The summed E-state index contributed by atoms with van der Waals surface area (Å²) in [5.74, 6) is -0.564. The zero-order chi connectivity index (χ0) is 37.0. The van der Waals surface area contributed by atoms with Crippen LogP contribution in [0.1, 0.15) is 57.4 Å². The number of esters is 2. The molecule has 0 unspecified atom stereocenters. The van der Waals surface area contributed by atoms with Crippen molar-refractivity contribution in [1.82, 2.24) is 0 Å². The van der Waals surface area contributed by atoms with Gasteiger partial charge in [0.15, 0.2) is 34.9 Å². The van der Waals surface area contributed by atoms with E-state index in [9.17, 15) is 14.7 Å². The molecule has 4 heterocycles. The molecule has 1 N–H and O–H groups in total. The molecular weight excluding hydrogens is 690 g/mol. The molecule has 4 aliphatic rings. The Kier molecular flexibility index (Phi) is 8.75. The monoisotopic (exact) mass is 725 g/mol. The van der Waals surface area contributed by atoms with Crippen molar-refractivity contribution in [2.24, 2.45) is 5.11 Å². The molecule has 0 bridgehead atoms. The van der Waals surface area contributed by atoms with Gasteiger partial charge in [0.25, 0.3) is 0 Å². The second kappa shape index (κ2) is 13.4.